The van der Waals surface area contributed by atoms with Crippen molar-refractivity contribution < 1.29 is 4.79 Å². The highest BCUT2D eigenvalue weighted by Gasteiger charge is 2.01. The molecule has 0 fully saturated rings. The molecule has 2 rings (SSSR count). The number of rotatable bonds is 3. The SMILES string of the molecule is Cc1cccc(NC(=S)NC(=O)C=Cc2ccc(Cl)cc2)c1. The number of nitrogens with one attached hydrogen (secondary N) is 2. The van der Waals surface area contributed by atoms with Crippen molar-refractivity contribution in [3.05, 3.63) is 70.8 Å². The van der Waals surface area contributed by atoms with E-state index in [-0.39, 0.29) is 11.0 Å². The molecule has 2 aromatic rings. The Morgan fingerprint density at radius 1 is 1.18 bits per heavy atom. The molecule has 0 radical (unpaired) electrons. The lowest BCUT2D eigenvalue weighted by molar-refractivity contribution is -0.115. The third kappa shape index (κ3) is 5.31. The topological polar surface area (TPSA) is 41.1 Å². The van der Waals surface area contributed by atoms with Gasteiger partial charge in [0.2, 0.25) is 5.91 Å². The number of anilines is 1. The molecule has 0 saturated carbocycles. The van der Waals surface area contributed by atoms with Gasteiger partial charge in [-0.25, -0.2) is 0 Å². The third-order valence-corrected chi connectivity index (χ3v) is 3.27. The fourth-order valence-corrected chi connectivity index (χ4v) is 2.13. The van der Waals surface area contributed by atoms with Crippen LogP contribution in [-0.2, 0) is 4.79 Å². The number of benzene rings is 2. The number of carbonyl (C=O) groups is 1. The smallest absolute Gasteiger partial charge is 0.250 e. The molecule has 0 aliphatic rings. The van der Waals surface area contributed by atoms with E-state index in [9.17, 15) is 4.79 Å². The summed E-state index contributed by atoms with van der Waals surface area (Å²) in [5, 5.41) is 6.48. The van der Waals surface area contributed by atoms with Gasteiger partial charge >= 0.3 is 0 Å². The van der Waals surface area contributed by atoms with Crippen molar-refractivity contribution >= 4 is 46.6 Å². The van der Waals surface area contributed by atoms with Gasteiger partial charge in [-0.05, 0) is 60.6 Å². The van der Waals surface area contributed by atoms with Crippen LogP contribution in [0.1, 0.15) is 11.1 Å². The Bertz CT molecular complexity index is 711. The van der Waals surface area contributed by atoms with Gasteiger partial charge < -0.3 is 5.32 Å². The van der Waals surface area contributed by atoms with E-state index >= 15 is 0 Å². The lowest BCUT2D eigenvalue weighted by Gasteiger charge is -2.08. The normalized spacial score (nSPS) is 10.5. The van der Waals surface area contributed by atoms with Gasteiger partial charge in [-0.3, -0.25) is 10.1 Å². The zero-order valence-corrected chi connectivity index (χ0v) is 13.5. The summed E-state index contributed by atoms with van der Waals surface area (Å²) in [6.45, 7) is 1.99. The molecule has 0 aromatic heterocycles. The molecular formula is C17H15ClN2OS. The molecule has 0 bridgehead atoms. The predicted octanol–water partition coefficient (Wildman–Crippen LogP) is 4.17. The van der Waals surface area contributed by atoms with Crippen LogP contribution in [0.5, 0.6) is 0 Å². The summed E-state index contributed by atoms with van der Waals surface area (Å²) in [5.74, 6) is -0.292. The van der Waals surface area contributed by atoms with Crippen molar-refractivity contribution in [2.75, 3.05) is 5.32 Å². The third-order valence-electron chi connectivity index (χ3n) is 2.81. The molecule has 2 aromatic carbocycles. The summed E-state index contributed by atoms with van der Waals surface area (Å²) in [5.41, 5.74) is 2.84. The zero-order chi connectivity index (χ0) is 15.9. The Hall–Kier alpha value is -2.17. The molecule has 0 saturated heterocycles. The van der Waals surface area contributed by atoms with E-state index in [4.69, 9.17) is 23.8 Å². The molecule has 2 N–H and O–H groups in total. The summed E-state index contributed by atoms with van der Waals surface area (Å²) < 4.78 is 0. The lowest BCUT2D eigenvalue weighted by Crippen LogP contribution is -2.32. The number of thiocarbonyl (C=S) groups is 1. The number of halogens is 1. The van der Waals surface area contributed by atoms with Crippen LogP contribution in [0, 0.1) is 6.92 Å². The Kier molecular flexibility index (Phi) is 5.69. The van der Waals surface area contributed by atoms with Gasteiger partial charge in [0.1, 0.15) is 0 Å². The molecule has 0 heterocycles. The summed E-state index contributed by atoms with van der Waals surface area (Å²) in [4.78, 5) is 11.8. The summed E-state index contributed by atoms with van der Waals surface area (Å²) in [7, 11) is 0. The Morgan fingerprint density at radius 2 is 1.91 bits per heavy atom. The second-order valence-electron chi connectivity index (χ2n) is 4.70. The molecule has 0 spiro atoms. The second-order valence-corrected chi connectivity index (χ2v) is 5.54. The van der Waals surface area contributed by atoms with Crippen molar-refractivity contribution in [2.45, 2.75) is 6.92 Å². The molecule has 3 nitrogen and oxygen atoms in total. The monoisotopic (exact) mass is 330 g/mol. The summed E-state index contributed by atoms with van der Waals surface area (Å²) in [6, 6.07) is 14.9. The van der Waals surface area contributed by atoms with Crippen molar-refractivity contribution in [3.63, 3.8) is 0 Å². The van der Waals surface area contributed by atoms with Crippen LogP contribution in [0.15, 0.2) is 54.6 Å². The van der Waals surface area contributed by atoms with Gasteiger partial charge in [0.25, 0.3) is 0 Å². The molecule has 0 unspecified atom stereocenters. The highest BCUT2D eigenvalue weighted by atomic mass is 35.5. The highest BCUT2D eigenvalue weighted by Crippen LogP contribution is 2.11. The van der Waals surface area contributed by atoms with Crippen LogP contribution in [0.3, 0.4) is 0 Å². The quantitative estimate of drug-likeness (QED) is 0.655. The maximum Gasteiger partial charge on any atom is 0.250 e. The fraction of sp³-hybridized carbons (Fsp3) is 0.0588. The Balaban J connectivity index is 1.88. The first-order chi connectivity index (χ1) is 10.5. The first kappa shape index (κ1) is 16.2. The minimum absolute atomic E-state index is 0.261. The molecule has 22 heavy (non-hydrogen) atoms. The average Bonchev–Trinajstić information content (AvgIpc) is 2.46. The van der Waals surface area contributed by atoms with Gasteiger partial charge in [0.05, 0.1) is 0 Å². The zero-order valence-electron chi connectivity index (χ0n) is 12.0. The van der Waals surface area contributed by atoms with Crippen LogP contribution in [0.25, 0.3) is 6.08 Å². The molecule has 112 valence electrons. The first-order valence-corrected chi connectivity index (χ1v) is 7.44. The number of amides is 1. The van der Waals surface area contributed by atoms with Crippen LogP contribution >= 0.6 is 23.8 Å². The van der Waals surface area contributed by atoms with E-state index in [2.05, 4.69) is 10.6 Å². The molecule has 5 heteroatoms. The van der Waals surface area contributed by atoms with Crippen LogP contribution in [-0.4, -0.2) is 11.0 Å². The van der Waals surface area contributed by atoms with Crippen molar-refractivity contribution in [1.29, 1.82) is 0 Å². The van der Waals surface area contributed by atoms with Crippen LogP contribution < -0.4 is 10.6 Å². The number of hydrogen-bond donors (Lipinski definition) is 2. The van der Waals surface area contributed by atoms with Gasteiger partial charge in [-0.15, -0.1) is 0 Å². The molecule has 0 aliphatic heterocycles. The first-order valence-electron chi connectivity index (χ1n) is 6.65. The van der Waals surface area contributed by atoms with Gasteiger partial charge in [-0.1, -0.05) is 35.9 Å². The fourth-order valence-electron chi connectivity index (χ4n) is 1.78. The van der Waals surface area contributed by atoms with Crippen molar-refractivity contribution in [1.82, 2.24) is 5.32 Å². The minimum Gasteiger partial charge on any atom is -0.332 e. The average molecular weight is 331 g/mol. The van der Waals surface area contributed by atoms with E-state index in [0.29, 0.717) is 5.02 Å². The number of hydrogen-bond acceptors (Lipinski definition) is 2. The Morgan fingerprint density at radius 3 is 2.59 bits per heavy atom. The predicted molar refractivity (Wildman–Crippen MR) is 96.0 cm³/mol. The van der Waals surface area contributed by atoms with Gasteiger partial charge in [0, 0.05) is 16.8 Å². The van der Waals surface area contributed by atoms with Crippen molar-refractivity contribution in [2.24, 2.45) is 0 Å². The van der Waals surface area contributed by atoms with Gasteiger partial charge in [-0.2, -0.15) is 0 Å². The standard InChI is InChI=1S/C17H15ClN2OS/c1-12-3-2-4-15(11-12)19-17(22)20-16(21)10-7-13-5-8-14(18)9-6-13/h2-11H,1H3,(H2,19,20,21,22). The van der Waals surface area contributed by atoms with Crippen LogP contribution in [0.2, 0.25) is 5.02 Å². The highest BCUT2D eigenvalue weighted by molar-refractivity contribution is 7.80. The van der Waals surface area contributed by atoms with E-state index in [1.54, 1.807) is 18.2 Å². The lowest BCUT2D eigenvalue weighted by atomic mass is 10.2. The summed E-state index contributed by atoms with van der Waals surface area (Å²) in [6.07, 6.45) is 3.12. The number of aryl methyl sites for hydroxylation is 1. The molecule has 0 atom stereocenters. The minimum atomic E-state index is -0.292. The van der Waals surface area contributed by atoms with E-state index < -0.39 is 0 Å². The number of carbonyl (C=O) groups excluding carboxylic acids is 1. The molecule has 1 amide bonds. The van der Waals surface area contributed by atoms with Crippen LogP contribution in [0.4, 0.5) is 5.69 Å². The largest absolute Gasteiger partial charge is 0.332 e. The molecule has 0 aliphatic carbocycles. The Labute approximate surface area is 140 Å². The van der Waals surface area contributed by atoms with Crippen molar-refractivity contribution in [3.8, 4) is 0 Å². The second kappa shape index (κ2) is 7.73. The maximum absolute atomic E-state index is 11.8. The van der Waals surface area contributed by atoms with E-state index in [1.807, 2.05) is 43.3 Å². The molecular weight excluding hydrogens is 316 g/mol. The summed E-state index contributed by atoms with van der Waals surface area (Å²) >= 11 is 10.9. The maximum atomic E-state index is 11.8. The van der Waals surface area contributed by atoms with Gasteiger partial charge in [0.15, 0.2) is 5.11 Å². The van der Waals surface area contributed by atoms with E-state index in [1.165, 1.54) is 6.08 Å². The van der Waals surface area contributed by atoms with E-state index in [0.717, 1.165) is 16.8 Å².